The molecule has 0 radical (unpaired) electrons. The molecule has 0 heterocycles. The first-order valence-electron chi connectivity index (χ1n) is 10.2. The number of hydrazone groups is 1. The molecule has 3 rings (SSSR count). The Hall–Kier alpha value is -3.84. The molecule has 0 atom stereocenters. The van der Waals surface area contributed by atoms with E-state index in [2.05, 4.69) is 9.93 Å². The Balaban J connectivity index is 1.86. The van der Waals surface area contributed by atoms with E-state index in [1.807, 2.05) is 67.6 Å². The van der Waals surface area contributed by atoms with E-state index in [-0.39, 0.29) is 4.90 Å². The summed E-state index contributed by atoms with van der Waals surface area (Å²) in [6.07, 6.45) is 7.16. The molecule has 6 nitrogen and oxygen atoms in total. The van der Waals surface area contributed by atoms with Gasteiger partial charge in [0.25, 0.3) is 10.0 Å². The van der Waals surface area contributed by atoms with Crippen molar-refractivity contribution in [3.8, 4) is 11.5 Å². The smallest absolute Gasteiger partial charge is 0.276 e. The second-order valence-electron chi connectivity index (χ2n) is 7.16. The van der Waals surface area contributed by atoms with Crippen LogP contribution < -0.4 is 14.3 Å². The molecular formula is C26H26N2O4S. The molecule has 0 unspecified atom stereocenters. The predicted molar refractivity (Wildman–Crippen MR) is 133 cm³/mol. The number of allylic oxidation sites excluding steroid dienone is 2. The zero-order chi connectivity index (χ0) is 23.7. The second-order valence-corrected chi connectivity index (χ2v) is 8.82. The highest BCUT2D eigenvalue weighted by molar-refractivity contribution is 7.89. The summed E-state index contributed by atoms with van der Waals surface area (Å²) in [5, 5.41) is 4.15. The van der Waals surface area contributed by atoms with E-state index in [0.717, 1.165) is 28.2 Å². The summed E-state index contributed by atoms with van der Waals surface area (Å²) in [7, 11) is -0.573. The average molecular weight is 463 g/mol. The van der Waals surface area contributed by atoms with Crippen LogP contribution in [0.25, 0.3) is 12.2 Å². The zero-order valence-electron chi connectivity index (χ0n) is 18.7. The third-order valence-corrected chi connectivity index (χ3v) is 5.98. The van der Waals surface area contributed by atoms with Crippen LogP contribution in [0.4, 0.5) is 0 Å². The Morgan fingerprint density at radius 2 is 1.21 bits per heavy atom. The molecule has 0 aliphatic heterocycles. The highest BCUT2D eigenvalue weighted by Crippen LogP contribution is 2.14. The molecule has 3 aromatic rings. The molecule has 0 amide bonds. The molecule has 0 saturated heterocycles. The van der Waals surface area contributed by atoms with Crippen LogP contribution in [0.2, 0.25) is 0 Å². The third kappa shape index (κ3) is 7.08. The molecule has 33 heavy (non-hydrogen) atoms. The van der Waals surface area contributed by atoms with Gasteiger partial charge in [0.15, 0.2) is 0 Å². The molecule has 0 aliphatic rings. The van der Waals surface area contributed by atoms with E-state index < -0.39 is 10.0 Å². The van der Waals surface area contributed by atoms with Crippen molar-refractivity contribution in [1.82, 2.24) is 4.83 Å². The van der Waals surface area contributed by atoms with Crippen LogP contribution >= 0.6 is 0 Å². The van der Waals surface area contributed by atoms with Crippen molar-refractivity contribution in [3.05, 3.63) is 102 Å². The number of rotatable bonds is 9. The van der Waals surface area contributed by atoms with Gasteiger partial charge in [0.2, 0.25) is 0 Å². The molecule has 0 fully saturated rings. The largest absolute Gasteiger partial charge is 0.497 e. The summed E-state index contributed by atoms with van der Waals surface area (Å²) >= 11 is 0. The number of nitrogens with one attached hydrogen (secondary N) is 1. The molecule has 7 heteroatoms. The lowest BCUT2D eigenvalue weighted by molar-refractivity contribution is 0.414. The van der Waals surface area contributed by atoms with Crippen LogP contribution in [0.15, 0.2) is 94.9 Å². The van der Waals surface area contributed by atoms with Gasteiger partial charge in [-0.25, -0.2) is 0 Å². The molecule has 3 aromatic carbocycles. The van der Waals surface area contributed by atoms with Gasteiger partial charge in [-0.05, 0) is 66.6 Å². The van der Waals surface area contributed by atoms with Gasteiger partial charge in [-0.1, -0.05) is 54.1 Å². The molecule has 0 aliphatic carbocycles. The summed E-state index contributed by atoms with van der Waals surface area (Å²) < 4.78 is 35.6. The Kier molecular flexibility index (Phi) is 8.05. The van der Waals surface area contributed by atoms with Crippen LogP contribution in [0.1, 0.15) is 16.7 Å². The molecule has 1 N–H and O–H groups in total. The summed E-state index contributed by atoms with van der Waals surface area (Å²) in [6.45, 7) is 1.90. The van der Waals surface area contributed by atoms with Gasteiger partial charge in [0.05, 0.1) is 24.8 Å². The molecule has 170 valence electrons. The van der Waals surface area contributed by atoms with Gasteiger partial charge in [-0.15, -0.1) is 0 Å². The number of aryl methyl sites for hydroxylation is 1. The normalized spacial score (nSPS) is 11.5. The summed E-state index contributed by atoms with van der Waals surface area (Å²) in [5.41, 5.74) is 3.24. The lowest BCUT2D eigenvalue weighted by Crippen LogP contribution is -2.19. The van der Waals surface area contributed by atoms with Crippen LogP contribution in [0.3, 0.4) is 0 Å². The first-order chi connectivity index (χ1) is 15.9. The van der Waals surface area contributed by atoms with Crippen molar-refractivity contribution in [2.75, 3.05) is 14.2 Å². The standard InChI is InChI=1S/C26H26N2O4S/c1-20-4-18-26(19-5-20)33(29,30)28-27-23(12-6-21-8-14-24(31-2)15-9-21)13-7-22-10-16-25(32-3)17-11-22/h4-19,28H,1-3H3/b12-6+,13-7+. The number of ether oxygens (including phenoxy) is 2. The molecular weight excluding hydrogens is 436 g/mol. The fraction of sp³-hybridized carbons (Fsp3) is 0.115. The monoisotopic (exact) mass is 462 g/mol. The lowest BCUT2D eigenvalue weighted by Gasteiger charge is -2.05. The van der Waals surface area contributed by atoms with Gasteiger partial charge < -0.3 is 9.47 Å². The van der Waals surface area contributed by atoms with Crippen molar-refractivity contribution in [3.63, 3.8) is 0 Å². The van der Waals surface area contributed by atoms with Crippen LogP contribution in [-0.2, 0) is 10.0 Å². The fourth-order valence-electron chi connectivity index (χ4n) is 2.81. The van der Waals surface area contributed by atoms with Crippen molar-refractivity contribution in [1.29, 1.82) is 0 Å². The van der Waals surface area contributed by atoms with Gasteiger partial charge in [0, 0.05) is 0 Å². The number of sulfonamides is 1. The topological polar surface area (TPSA) is 77.0 Å². The quantitative estimate of drug-likeness (QED) is 0.356. The number of methoxy groups -OCH3 is 2. The zero-order valence-corrected chi connectivity index (χ0v) is 19.5. The fourth-order valence-corrected chi connectivity index (χ4v) is 3.63. The summed E-state index contributed by atoms with van der Waals surface area (Å²) in [5.74, 6) is 1.51. The SMILES string of the molecule is COc1ccc(/C=C/C(/C=C/c2ccc(OC)cc2)=NNS(=O)(=O)c2ccc(C)cc2)cc1. The number of hydrogen-bond acceptors (Lipinski definition) is 5. The summed E-state index contributed by atoms with van der Waals surface area (Å²) in [6, 6.07) is 21.6. The Morgan fingerprint density at radius 3 is 1.64 bits per heavy atom. The van der Waals surface area contributed by atoms with E-state index in [1.54, 1.807) is 50.6 Å². The minimum Gasteiger partial charge on any atom is -0.497 e. The first kappa shape index (κ1) is 23.8. The van der Waals surface area contributed by atoms with Gasteiger partial charge in [-0.3, -0.25) is 0 Å². The lowest BCUT2D eigenvalue weighted by atomic mass is 10.1. The van der Waals surface area contributed by atoms with E-state index in [9.17, 15) is 8.42 Å². The highest BCUT2D eigenvalue weighted by atomic mass is 32.2. The van der Waals surface area contributed by atoms with Gasteiger partial charge in [-0.2, -0.15) is 18.4 Å². The first-order valence-corrected chi connectivity index (χ1v) is 11.7. The van der Waals surface area contributed by atoms with Gasteiger partial charge in [0.1, 0.15) is 11.5 Å². The highest BCUT2D eigenvalue weighted by Gasteiger charge is 2.12. The van der Waals surface area contributed by atoms with Crippen molar-refractivity contribution < 1.29 is 17.9 Å². The van der Waals surface area contributed by atoms with Crippen LogP contribution in [0.5, 0.6) is 11.5 Å². The maximum absolute atomic E-state index is 12.6. The maximum Gasteiger partial charge on any atom is 0.276 e. The van der Waals surface area contributed by atoms with E-state index in [0.29, 0.717) is 5.71 Å². The minimum atomic E-state index is -3.79. The average Bonchev–Trinajstić information content (AvgIpc) is 2.84. The predicted octanol–water partition coefficient (Wildman–Crippen LogP) is 5.07. The Bertz CT molecular complexity index is 1180. The van der Waals surface area contributed by atoms with Crippen molar-refractivity contribution in [2.45, 2.75) is 11.8 Å². The molecule has 0 spiro atoms. The number of nitrogens with zero attached hydrogens (tertiary/aromatic N) is 1. The summed E-state index contributed by atoms with van der Waals surface area (Å²) in [4.78, 5) is 2.47. The number of hydrogen-bond donors (Lipinski definition) is 1. The van der Waals surface area contributed by atoms with E-state index >= 15 is 0 Å². The van der Waals surface area contributed by atoms with E-state index in [1.165, 1.54) is 0 Å². The van der Waals surface area contributed by atoms with Crippen LogP contribution in [0, 0.1) is 6.92 Å². The van der Waals surface area contributed by atoms with Crippen molar-refractivity contribution in [2.24, 2.45) is 5.10 Å². The molecule has 0 bridgehead atoms. The number of benzene rings is 3. The third-order valence-electron chi connectivity index (χ3n) is 4.75. The Labute approximate surface area is 194 Å². The van der Waals surface area contributed by atoms with E-state index in [4.69, 9.17) is 9.47 Å². The minimum absolute atomic E-state index is 0.148. The van der Waals surface area contributed by atoms with Gasteiger partial charge >= 0.3 is 0 Å². The van der Waals surface area contributed by atoms with Crippen LogP contribution in [-0.4, -0.2) is 28.3 Å². The maximum atomic E-state index is 12.6. The second kappa shape index (κ2) is 11.2. The Morgan fingerprint density at radius 1 is 0.758 bits per heavy atom. The molecule has 0 aromatic heterocycles. The molecule has 0 saturated carbocycles. The van der Waals surface area contributed by atoms with Crippen molar-refractivity contribution >= 4 is 27.9 Å².